The number of fused-ring (bicyclic) bond motifs is 10. The van der Waals surface area contributed by atoms with E-state index in [2.05, 4.69) is 146 Å². The Labute approximate surface area is 264 Å². The second kappa shape index (κ2) is 8.87. The fourth-order valence-electron chi connectivity index (χ4n) is 7.59. The van der Waals surface area contributed by atoms with Gasteiger partial charge in [-0.25, -0.2) is 9.97 Å². The van der Waals surface area contributed by atoms with Crippen LogP contribution in [0.1, 0.15) is 25.0 Å². The van der Waals surface area contributed by atoms with Gasteiger partial charge in [0.1, 0.15) is 0 Å². The average Bonchev–Trinajstić information content (AvgIpc) is 3.68. The van der Waals surface area contributed by atoms with Gasteiger partial charge in [-0.2, -0.15) is 0 Å². The van der Waals surface area contributed by atoms with Crippen molar-refractivity contribution in [3.8, 4) is 28.3 Å². The molecule has 3 aromatic heterocycles. The van der Waals surface area contributed by atoms with Gasteiger partial charge in [-0.3, -0.25) is 4.57 Å². The third-order valence-corrected chi connectivity index (χ3v) is 10.9. The Kier molecular flexibility index (Phi) is 4.94. The number of aromatic nitrogens is 3. The maximum atomic E-state index is 5.43. The minimum absolute atomic E-state index is 0.0718. The number of para-hydroxylation sites is 1. The van der Waals surface area contributed by atoms with E-state index in [1.54, 1.807) is 11.3 Å². The number of thiophene rings is 1. The fourth-order valence-corrected chi connectivity index (χ4v) is 8.77. The second-order valence-corrected chi connectivity index (χ2v) is 13.7. The van der Waals surface area contributed by atoms with E-state index < -0.39 is 0 Å². The van der Waals surface area contributed by atoms with Gasteiger partial charge < -0.3 is 0 Å². The van der Waals surface area contributed by atoms with Crippen LogP contribution in [0.15, 0.2) is 127 Å². The monoisotopic (exact) mass is 593 g/mol. The first-order valence-corrected chi connectivity index (χ1v) is 16.2. The summed E-state index contributed by atoms with van der Waals surface area (Å²) in [5.74, 6) is 0.700. The minimum Gasteiger partial charge on any atom is -0.278 e. The number of rotatable bonds is 2. The molecule has 0 aliphatic heterocycles. The first-order chi connectivity index (χ1) is 22.1. The van der Waals surface area contributed by atoms with E-state index in [0.717, 1.165) is 32.5 Å². The van der Waals surface area contributed by atoms with E-state index in [4.69, 9.17) is 9.97 Å². The van der Waals surface area contributed by atoms with E-state index in [9.17, 15) is 0 Å². The molecule has 0 spiro atoms. The molecule has 0 saturated carbocycles. The van der Waals surface area contributed by atoms with Crippen LogP contribution in [0.2, 0.25) is 0 Å². The summed E-state index contributed by atoms with van der Waals surface area (Å²) in [5.41, 5.74) is 10.6. The van der Waals surface area contributed by atoms with E-state index in [1.165, 1.54) is 53.9 Å². The van der Waals surface area contributed by atoms with Gasteiger partial charge >= 0.3 is 0 Å². The Morgan fingerprint density at radius 3 is 2.18 bits per heavy atom. The topological polar surface area (TPSA) is 30.7 Å². The Balaban J connectivity index is 1.35. The molecule has 9 aromatic rings. The van der Waals surface area contributed by atoms with Gasteiger partial charge in [0.2, 0.25) is 5.95 Å². The zero-order valence-corrected chi connectivity index (χ0v) is 25.7. The normalized spacial score (nSPS) is 13.7. The van der Waals surface area contributed by atoms with Gasteiger partial charge in [0.25, 0.3) is 0 Å². The fraction of sp³-hybridized carbons (Fsp3) is 0.0732. The van der Waals surface area contributed by atoms with Gasteiger partial charge in [0.05, 0.1) is 26.9 Å². The van der Waals surface area contributed by atoms with Crippen molar-refractivity contribution in [2.45, 2.75) is 19.3 Å². The van der Waals surface area contributed by atoms with Crippen molar-refractivity contribution < 1.29 is 0 Å². The summed E-state index contributed by atoms with van der Waals surface area (Å²) in [6, 6.07) is 46.1. The first-order valence-electron chi connectivity index (χ1n) is 15.4. The lowest BCUT2D eigenvalue weighted by Crippen LogP contribution is -2.14. The summed E-state index contributed by atoms with van der Waals surface area (Å²) in [6.07, 6.45) is 0. The van der Waals surface area contributed by atoms with Gasteiger partial charge in [-0.05, 0) is 63.4 Å². The molecule has 0 saturated heterocycles. The first kappa shape index (κ1) is 25.1. The molecule has 3 heterocycles. The van der Waals surface area contributed by atoms with Crippen LogP contribution in [0.25, 0.3) is 81.2 Å². The average molecular weight is 594 g/mol. The van der Waals surface area contributed by atoms with Gasteiger partial charge in [-0.15, -0.1) is 11.3 Å². The molecule has 0 fully saturated rings. The standard InChI is InChI=1S/C41H27N3S/c1-41(2)32-18-10-8-16-27(32)29-23-35-30(22-33(29)41)28-17-9-11-19-34(28)44(35)40-42-37(24-12-4-3-5-13-24)39-38(43-40)31-20-25-14-6-7-15-26(25)21-36(31)45-39/h3-23H,1-2H3. The molecular formula is C41H27N3S. The van der Waals surface area contributed by atoms with Gasteiger partial charge in [0.15, 0.2) is 0 Å². The molecule has 0 unspecified atom stereocenters. The van der Waals surface area contributed by atoms with Crippen LogP contribution in [-0.4, -0.2) is 14.5 Å². The molecule has 0 radical (unpaired) electrons. The molecule has 4 heteroatoms. The predicted octanol–water partition coefficient (Wildman–Crippen LogP) is 11.1. The smallest absolute Gasteiger partial charge is 0.235 e. The van der Waals surface area contributed by atoms with Crippen LogP contribution in [0.5, 0.6) is 0 Å². The van der Waals surface area contributed by atoms with Crippen molar-refractivity contribution >= 4 is 64.2 Å². The number of benzene rings is 6. The van der Waals surface area contributed by atoms with E-state index in [0.29, 0.717) is 5.95 Å². The van der Waals surface area contributed by atoms with Crippen LogP contribution in [0.4, 0.5) is 0 Å². The lowest BCUT2D eigenvalue weighted by Gasteiger charge is -2.21. The summed E-state index contributed by atoms with van der Waals surface area (Å²) in [7, 11) is 0. The molecule has 1 aliphatic carbocycles. The Morgan fingerprint density at radius 1 is 0.578 bits per heavy atom. The van der Waals surface area contributed by atoms with E-state index in [1.807, 2.05) is 0 Å². The number of nitrogens with zero attached hydrogens (tertiary/aromatic N) is 3. The highest BCUT2D eigenvalue weighted by atomic mass is 32.1. The minimum atomic E-state index is -0.0718. The molecule has 0 amide bonds. The summed E-state index contributed by atoms with van der Waals surface area (Å²) < 4.78 is 4.63. The Bertz CT molecular complexity index is 2680. The zero-order chi connectivity index (χ0) is 29.9. The van der Waals surface area contributed by atoms with Crippen molar-refractivity contribution in [2.75, 3.05) is 0 Å². The van der Waals surface area contributed by atoms with Gasteiger partial charge in [0, 0.05) is 31.8 Å². The molecule has 0 N–H and O–H groups in total. The molecule has 0 bridgehead atoms. The van der Waals surface area contributed by atoms with Crippen LogP contribution in [-0.2, 0) is 5.41 Å². The summed E-state index contributed by atoms with van der Waals surface area (Å²) in [4.78, 5) is 10.8. The molecule has 10 rings (SSSR count). The Morgan fingerprint density at radius 2 is 1.31 bits per heavy atom. The molecule has 212 valence electrons. The highest BCUT2D eigenvalue weighted by Gasteiger charge is 2.36. The van der Waals surface area contributed by atoms with Crippen LogP contribution >= 0.6 is 11.3 Å². The van der Waals surface area contributed by atoms with E-state index >= 15 is 0 Å². The summed E-state index contributed by atoms with van der Waals surface area (Å²) >= 11 is 1.79. The SMILES string of the molecule is CC1(C)c2ccccc2-c2cc3c(cc21)c1ccccc1n3-c1nc(-c2ccccc2)c2sc3cc4ccccc4cc3c2n1. The van der Waals surface area contributed by atoms with Gasteiger partial charge in [-0.1, -0.05) is 111 Å². The maximum Gasteiger partial charge on any atom is 0.235 e. The highest BCUT2D eigenvalue weighted by molar-refractivity contribution is 7.26. The van der Waals surface area contributed by atoms with Crippen LogP contribution in [0, 0.1) is 0 Å². The maximum absolute atomic E-state index is 5.43. The van der Waals surface area contributed by atoms with Crippen molar-refractivity contribution in [3.05, 3.63) is 139 Å². The molecule has 3 nitrogen and oxygen atoms in total. The summed E-state index contributed by atoms with van der Waals surface area (Å²) in [6.45, 7) is 4.69. The Hall–Kier alpha value is -5.32. The number of hydrogen-bond acceptors (Lipinski definition) is 3. The number of hydrogen-bond donors (Lipinski definition) is 0. The molecule has 6 aromatic carbocycles. The van der Waals surface area contributed by atoms with E-state index in [-0.39, 0.29) is 5.41 Å². The third-order valence-electron chi connectivity index (χ3n) is 9.79. The lowest BCUT2D eigenvalue weighted by molar-refractivity contribution is 0.661. The molecule has 0 atom stereocenters. The quantitative estimate of drug-likeness (QED) is 0.200. The lowest BCUT2D eigenvalue weighted by atomic mass is 9.82. The predicted molar refractivity (Wildman–Crippen MR) is 190 cm³/mol. The molecular weight excluding hydrogens is 567 g/mol. The van der Waals surface area contributed by atoms with Crippen LogP contribution < -0.4 is 0 Å². The molecule has 45 heavy (non-hydrogen) atoms. The highest BCUT2D eigenvalue weighted by Crippen LogP contribution is 2.51. The zero-order valence-electron chi connectivity index (χ0n) is 24.9. The molecule has 1 aliphatic rings. The summed E-state index contributed by atoms with van der Waals surface area (Å²) in [5, 5.41) is 6.08. The van der Waals surface area contributed by atoms with Crippen molar-refractivity contribution in [2.24, 2.45) is 0 Å². The third kappa shape index (κ3) is 3.40. The largest absolute Gasteiger partial charge is 0.278 e. The van der Waals surface area contributed by atoms with Crippen molar-refractivity contribution in [3.63, 3.8) is 0 Å². The van der Waals surface area contributed by atoms with Crippen molar-refractivity contribution in [1.82, 2.24) is 14.5 Å². The van der Waals surface area contributed by atoms with Crippen molar-refractivity contribution in [1.29, 1.82) is 0 Å². The second-order valence-electron chi connectivity index (χ2n) is 12.7. The van der Waals surface area contributed by atoms with Crippen LogP contribution in [0.3, 0.4) is 0 Å².